The van der Waals surface area contributed by atoms with Crippen LogP contribution in [0.15, 0.2) is 48.5 Å². The second-order valence-corrected chi connectivity index (χ2v) is 7.36. The van der Waals surface area contributed by atoms with Gasteiger partial charge >= 0.3 is 5.97 Å². The van der Waals surface area contributed by atoms with Crippen LogP contribution >= 0.6 is 11.3 Å². The highest BCUT2D eigenvalue weighted by atomic mass is 32.1. The van der Waals surface area contributed by atoms with Crippen LogP contribution in [0.5, 0.6) is 0 Å². The van der Waals surface area contributed by atoms with Gasteiger partial charge in [0.1, 0.15) is 5.60 Å². The fraction of sp³-hybridized carbons (Fsp3) is 0.250. The van der Waals surface area contributed by atoms with Crippen LogP contribution in [0.25, 0.3) is 10.1 Å². The number of carboxylic acids is 1. The van der Waals surface area contributed by atoms with Crippen molar-refractivity contribution < 1.29 is 14.6 Å². The molecule has 1 aromatic heterocycles. The van der Waals surface area contributed by atoms with Crippen LogP contribution in [0.3, 0.4) is 0 Å². The van der Waals surface area contributed by atoms with E-state index >= 15 is 0 Å². The van der Waals surface area contributed by atoms with E-state index in [4.69, 9.17) is 9.84 Å². The normalized spacial score (nSPS) is 20.0. The Morgan fingerprint density at radius 3 is 2.71 bits per heavy atom. The first-order valence-corrected chi connectivity index (χ1v) is 8.85. The lowest BCUT2D eigenvalue weighted by molar-refractivity contribution is -0.136. The Kier molecular flexibility index (Phi) is 3.66. The van der Waals surface area contributed by atoms with E-state index in [9.17, 15) is 4.79 Å². The zero-order valence-electron chi connectivity index (χ0n) is 13.4. The van der Waals surface area contributed by atoms with Gasteiger partial charge in [0.05, 0.1) is 13.0 Å². The van der Waals surface area contributed by atoms with Crippen molar-refractivity contribution in [3.63, 3.8) is 0 Å². The van der Waals surface area contributed by atoms with Gasteiger partial charge in [-0.1, -0.05) is 42.5 Å². The Bertz CT molecular complexity index is 910. The Hall–Kier alpha value is -2.17. The van der Waals surface area contributed by atoms with Crippen molar-refractivity contribution in [3.8, 4) is 0 Å². The molecule has 2 aromatic carbocycles. The van der Waals surface area contributed by atoms with Gasteiger partial charge in [0.2, 0.25) is 0 Å². The molecule has 1 unspecified atom stereocenters. The highest BCUT2D eigenvalue weighted by molar-refractivity contribution is 7.19. The van der Waals surface area contributed by atoms with Crippen molar-refractivity contribution in [2.75, 3.05) is 6.61 Å². The number of thiophene rings is 1. The number of hydrogen-bond donors (Lipinski definition) is 1. The van der Waals surface area contributed by atoms with Crippen LogP contribution in [0.4, 0.5) is 0 Å². The molecule has 0 aliphatic carbocycles. The molecule has 3 aromatic rings. The van der Waals surface area contributed by atoms with Crippen molar-refractivity contribution in [3.05, 3.63) is 70.1 Å². The summed E-state index contributed by atoms with van der Waals surface area (Å²) >= 11 is 1.80. The van der Waals surface area contributed by atoms with E-state index in [1.807, 2.05) is 24.3 Å². The minimum Gasteiger partial charge on any atom is -0.481 e. The topological polar surface area (TPSA) is 46.5 Å². The molecule has 24 heavy (non-hydrogen) atoms. The van der Waals surface area contributed by atoms with Crippen molar-refractivity contribution in [2.45, 2.75) is 25.4 Å². The predicted molar refractivity (Wildman–Crippen MR) is 95.7 cm³/mol. The van der Waals surface area contributed by atoms with Crippen LogP contribution < -0.4 is 0 Å². The van der Waals surface area contributed by atoms with E-state index in [0.29, 0.717) is 6.61 Å². The van der Waals surface area contributed by atoms with Gasteiger partial charge in [0, 0.05) is 9.58 Å². The molecule has 1 atom stereocenters. The number of benzene rings is 2. The fourth-order valence-corrected chi connectivity index (χ4v) is 4.86. The Morgan fingerprint density at radius 2 is 1.96 bits per heavy atom. The first-order chi connectivity index (χ1) is 11.6. The van der Waals surface area contributed by atoms with E-state index < -0.39 is 11.6 Å². The number of carbonyl (C=O) groups is 1. The maximum absolute atomic E-state index is 10.9. The van der Waals surface area contributed by atoms with Gasteiger partial charge < -0.3 is 9.84 Å². The summed E-state index contributed by atoms with van der Waals surface area (Å²) in [5.74, 6) is -0.810. The molecule has 0 radical (unpaired) electrons. The molecule has 122 valence electrons. The highest BCUT2D eigenvalue weighted by Gasteiger charge is 2.37. The zero-order chi connectivity index (χ0) is 16.7. The highest BCUT2D eigenvalue weighted by Crippen LogP contribution is 2.46. The molecular weight excluding hydrogens is 320 g/mol. The molecule has 0 spiro atoms. The molecule has 3 nitrogen and oxygen atoms in total. The van der Waals surface area contributed by atoms with Crippen molar-refractivity contribution >= 4 is 27.4 Å². The average Bonchev–Trinajstić information content (AvgIpc) is 2.96. The first-order valence-electron chi connectivity index (χ1n) is 8.04. The van der Waals surface area contributed by atoms with Crippen molar-refractivity contribution in [2.24, 2.45) is 0 Å². The van der Waals surface area contributed by atoms with Crippen LogP contribution in [-0.4, -0.2) is 17.7 Å². The quantitative estimate of drug-likeness (QED) is 0.771. The number of rotatable bonds is 3. The maximum Gasteiger partial charge on any atom is 0.307 e. The van der Waals surface area contributed by atoms with Gasteiger partial charge in [-0.3, -0.25) is 4.79 Å². The first kappa shape index (κ1) is 15.4. The molecule has 0 saturated heterocycles. The fourth-order valence-electron chi connectivity index (χ4n) is 3.48. The lowest BCUT2D eigenvalue weighted by Crippen LogP contribution is -2.32. The van der Waals surface area contributed by atoms with Gasteiger partial charge in [-0.25, -0.2) is 0 Å². The minimum absolute atomic E-state index is 0.0476. The third-order valence-corrected chi connectivity index (χ3v) is 6.15. The second kappa shape index (κ2) is 5.72. The molecular formula is C20H18O3S. The van der Waals surface area contributed by atoms with Gasteiger partial charge in [0.25, 0.3) is 0 Å². The van der Waals surface area contributed by atoms with E-state index in [2.05, 4.69) is 31.2 Å². The summed E-state index contributed by atoms with van der Waals surface area (Å²) in [6.07, 6.45) is 0.984. The lowest BCUT2D eigenvalue weighted by atomic mass is 9.87. The van der Waals surface area contributed by atoms with Crippen molar-refractivity contribution in [1.82, 2.24) is 0 Å². The Labute approximate surface area is 144 Å². The molecule has 2 heterocycles. The summed E-state index contributed by atoms with van der Waals surface area (Å²) in [5.41, 5.74) is 2.80. The van der Waals surface area contributed by atoms with Crippen LogP contribution in [0, 0.1) is 0 Å². The number of hydrogen-bond acceptors (Lipinski definition) is 3. The van der Waals surface area contributed by atoms with Crippen LogP contribution in [-0.2, 0) is 28.0 Å². The van der Waals surface area contributed by atoms with Crippen LogP contribution in [0.1, 0.15) is 28.5 Å². The molecule has 4 heteroatoms. The molecule has 0 bridgehead atoms. The number of fused-ring (bicyclic) bond motifs is 3. The zero-order valence-corrected chi connectivity index (χ0v) is 14.2. The van der Waals surface area contributed by atoms with Gasteiger partial charge in [-0.05, 0) is 41.5 Å². The maximum atomic E-state index is 10.9. The van der Waals surface area contributed by atoms with E-state index in [1.54, 1.807) is 11.3 Å². The molecule has 0 amide bonds. The number of carboxylic acid groups (broad SMARTS) is 1. The van der Waals surface area contributed by atoms with Crippen molar-refractivity contribution in [1.29, 1.82) is 0 Å². The average molecular weight is 338 g/mol. The summed E-state index contributed by atoms with van der Waals surface area (Å²) in [6.45, 7) is 2.81. The van der Waals surface area contributed by atoms with E-state index in [-0.39, 0.29) is 6.42 Å². The molecule has 1 N–H and O–H groups in total. The summed E-state index contributed by atoms with van der Waals surface area (Å²) in [7, 11) is 0. The Morgan fingerprint density at radius 1 is 1.21 bits per heavy atom. The predicted octanol–water partition coefficient (Wildman–Crippen LogP) is 4.36. The molecule has 1 aliphatic rings. The Balaban J connectivity index is 1.80. The van der Waals surface area contributed by atoms with Gasteiger partial charge in [-0.15, -0.1) is 11.3 Å². The molecule has 4 rings (SSSR count). The standard InChI is InChI=1S/C20H18O3S/c1-20(14-8-6-13(7-9-14)12-18(21)22)19-16(10-11-23-20)15-4-2-3-5-17(15)24-19/h2-9H,10-12H2,1H3,(H,21,22). The van der Waals surface area contributed by atoms with Gasteiger partial charge in [-0.2, -0.15) is 0 Å². The summed E-state index contributed by atoms with van der Waals surface area (Å²) in [4.78, 5) is 12.1. The smallest absolute Gasteiger partial charge is 0.307 e. The lowest BCUT2D eigenvalue weighted by Gasteiger charge is -2.34. The summed E-state index contributed by atoms with van der Waals surface area (Å²) < 4.78 is 7.52. The summed E-state index contributed by atoms with van der Waals surface area (Å²) in [5, 5.41) is 10.3. The van der Waals surface area contributed by atoms with E-state index in [0.717, 1.165) is 17.5 Å². The van der Waals surface area contributed by atoms with Crippen LogP contribution in [0.2, 0.25) is 0 Å². The largest absolute Gasteiger partial charge is 0.481 e. The summed E-state index contributed by atoms with van der Waals surface area (Å²) in [6, 6.07) is 16.3. The van der Waals surface area contributed by atoms with E-state index in [1.165, 1.54) is 20.5 Å². The SMILES string of the molecule is CC1(c2ccc(CC(=O)O)cc2)OCCc2c1sc1ccccc21. The molecule has 0 saturated carbocycles. The second-order valence-electron chi connectivity index (χ2n) is 6.31. The molecule has 1 aliphatic heterocycles. The monoisotopic (exact) mass is 338 g/mol. The third kappa shape index (κ3) is 2.43. The number of aliphatic carboxylic acids is 1. The molecule has 0 fully saturated rings. The number of ether oxygens (including phenoxy) is 1. The van der Waals surface area contributed by atoms with Gasteiger partial charge in [0.15, 0.2) is 0 Å². The minimum atomic E-state index is -0.810. The third-order valence-electron chi connectivity index (χ3n) is 4.73.